The molecule has 0 unspecified atom stereocenters. The Bertz CT molecular complexity index is 280. The van der Waals surface area contributed by atoms with Crippen molar-refractivity contribution in [3.05, 3.63) is 30.1 Å². The van der Waals surface area contributed by atoms with Crippen LogP contribution in [0.15, 0.2) is 24.3 Å². The van der Waals surface area contributed by atoms with Crippen molar-refractivity contribution in [3.63, 3.8) is 0 Å². The molecule has 0 spiro atoms. The van der Waals surface area contributed by atoms with Gasteiger partial charge in [-0.05, 0) is 24.3 Å². The quantitative estimate of drug-likeness (QED) is 0.552. The molecule has 0 radical (unpaired) electrons. The smallest absolute Gasteiger partial charge is 0.513 e. The standard InChI is InChI=1S/C6H7B2FO5/c9-5-1-3-6(4-2-5)13-8(12)14-7(10)11/h1-4,10-12H. The van der Waals surface area contributed by atoms with E-state index in [2.05, 4.69) is 9.23 Å². The van der Waals surface area contributed by atoms with Gasteiger partial charge >= 0.3 is 14.6 Å². The van der Waals surface area contributed by atoms with E-state index >= 15 is 0 Å². The Labute approximate surface area is 80.1 Å². The topological polar surface area (TPSA) is 79.2 Å². The molecule has 0 atom stereocenters. The molecule has 3 N–H and O–H groups in total. The van der Waals surface area contributed by atoms with Crippen LogP contribution in [0.25, 0.3) is 0 Å². The average molecular weight is 200 g/mol. The molecule has 8 heteroatoms. The fourth-order valence-corrected chi connectivity index (χ4v) is 0.761. The van der Waals surface area contributed by atoms with Crippen LogP contribution in [0.5, 0.6) is 5.75 Å². The van der Waals surface area contributed by atoms with E-state index < -0.39 is 20.5 Å². The lowest BCUT2D eigenvalue weighted by molar-refractivity contribution is 0.219. The van der Waals surface area contributed by atoms with E-state index in [1.54, 1.807) is 0 Å². The van der Waals surface area contributed by atoms with E-state index in [1.165, 1.54) is 12.1 Å². The zero-order chi connectivity index (χ0) is 10.6. The third-order valence-electron chi connectivity index (χ3n) is 1.29. The summed E-state index contributed by atoms with van der Waals surface area (Å²) in [6.45, 7) is 0. The van der Waals surface area contributed by atoms with Crippen molar-refractivity contribution in [1.82, 2.24) is 0 Å². The SMILES string of the molecule is OB(O)OB(O)Oc1ccc(F)cc1. The van der Waals surface area contributed by atoms with Gasteiger partial charge in [0.15, 0.2) is 0 Å². The van der Waals surface area contributed by atoms with E-state index in [4.69, 9.17) is 15.1 Å². The van der Waals surface area contributed by atoms with E-state index in [-0.39, 0.29) is 5.75 Å². The van der Waals surface area contributed by atoms with Crippen LogP contribution in [0.3, 0.4) is 0 Å². The maximum Gasteiger partial charge on any atom is 0.698 e. The second kappa shape index (κ2) is 4.96. The molecule has 0 aromatic heterocycles. The molecule has 1 aromatic rings. The largest absolute Gasteiger partial charge is 0.698 e. The molecule has 0 saturated carbocycles. The van der Waals surface area contributed by atoms with Gasteiger partial charge in [0.2, 0.25) is 0 Å². The van der Waals surface area contributed by atoms with Crippen LogP contribution in [0.2, 0.25) is 0 Å². The lowest BCUT2D eigenvalue weighted by Crippen LogP contribution is -2.34. The van der Waals surface area contributed by atoms with Crippen LogP contribution in [0, 0.1) is 5.82 Å². The number of hydrogen-bond acceptors (Lipinski definition) is 5. The summed E-state index contributed by atoms with van der Waals surface area (Å²) in [6.07, 6.45) is 0. The summed E-state index contributed by atoms with van der Waals surface area (Å²) >= 11 is 0. The Morgan fingerprint density at radius 1 is 1.07 bits per heavy atom. The fraction of sp³-hybridized carbons (Fsp3) is 0. The number of halogens is 1. The monoisotopic (exact) mass is 200 g/mol. The molecule has 0 saturated heterocycles. The van der Waals surface area contributed by atoms with Crippen LogP contribution in [0.1, 0.15) is 0 Å². The van der Waals surface area contributed by atoms with Crippen LogP contribution in [-0.4, -0.2) is 29.7 Å². The molecule has 0 aliphatic carbocycles. The molecule has 5 nitrogen and oxygen atoms in total. The van der Waals surface area contributed by atoms with Crippen molar-refractivity contribution < 1.29 is 28.7 Å². The highest BCUT2D eigenvalue weighted by Crippen LogP contribution is 2.11. The van der Waals surface area contributed by atoms with Gasteiger partial charge in [-0.1, -0.05) is 0 Å². The van der Waals surface area contributed by atoms with Crippen LogP contribution in [-0.2, 0) is 4.57 Å². The van der Waals surface area contributed by atoms with Crippen molar-refractivity contribution in [2.24, 2.45) is 0 Å². The molecule has 1 rings (SSSR count). The average Bonchev–Trinajstić information content (AvgIpc) is 2.07. The van der Waals surface area contributed by atoms with Gasteiger partial charge in [-0.2, -0.15) is 0 Å². The van der Waals surface area contributed by atoms with Crippen molar-refractivity contribution in [2.45, 2.75) is 0 Å². The maximum absolute atomic E-state index is 12.4. The van der Waals surface area contributed by atoms with Gasteiger partial charge in [-0.25, -0.2) is 4.39 Å². The molecular weight excluding hydrogens is 193 g/mol. The first kappa shape index (κ1) is 11.0. The molecule has 0 fully saturated rings. The maximum atomic E-state index is 12.4. The second-order valence-corrected chi connectivity index (χ2v) is 2.34. The molecule has 0 heterocycles. The minimum Gasteiger partial charge on any atom is -0.513 e. The summed E-state index contributed by atoms with van der Waals surface area (Å²) in [5.74, 6) is -0.311. The zero-order valence-electron chi connectivity index (χ0n) is 7.00. The summed E-state index contributed by atoms with van der Waals surface area (Å²) in [4.78, 5) is 0. The Kier molecular flexibility index (Phi) is 3.90. The Balaban J connectivity index is 2.47. The van der Waals surface area contributed by atoms with Crippen molar-refractivity contribution in [1.29, 1.82) is 0 Å². The number of rotatable bonds is 4. The highest BCUT2D eigenvalue weighted by Gasteiger charge is 2.25. The van der Waals surface area contributed by atoms with Crippen LogP contribution < -0.4 is 4.65 Å². The first-order valence-electron chi connectivity index (χ1n) is 3.70. The lowest BCUT2D eigenvalue weighted by atomic mass is 10.1. The van der Waals surface area contributed by atoms with Gasteiger partial charge in [-0.3, -0.25) is 0 Å². The van der Waals surface area contributed by atoms with E-state index in [1.807, 2.05) is 0 Å². The zero-order valence-corrected chi connectivity index (χ0v) is 7.00. The Hall–Kier alpha value is -1.08. The van der Waals surface area contributed by atoms with Crippen molar-refractivity contribution >= 4 is 14.6 Å². The van der Waals surface area contributed by atoms with Crippen molar-refractivity contribution in [2.75, 3.05) is 0 Å². The predicted octanol–water partition coefficient (Wildman–Crippen LogP) is -0.832. The molecule has 0 bridgehead atoms. The predicted molar refractivity (Wildman–Crippen MR) is 46.3 cm³/mol. The van der Waals surface area contributed by atoms with Gasteiger partial charge in [0.05, 0.1) is 0 Å². The Morgan fingerprint density at radius 2 is 1.64 bits per heavy atom. The molecular formula is C6H7B2FO5. The molecule has 14 heavy (non-hydrogen) atoms. The molecule has 0 aliphatic heterocycles. The molecule has 0 amide bonds. The van der Waals surface area contributed by atoms with E-state index in [0.29, 0.717) is 0 Å². The highest BCUT2D eigenvalue weighted by molar-refractivity contribution is 6.49. The first-order valence-corrected chi connectivity index (χ1v) is 3.70. The van der Waals surface area contributed by atoms with Gasteiger partial charge in [0.25, 0.3) is 0 Å². The minimum atomic E-state index is -2.13. The second-order valence-electron chi connectivity index (χ2n) is 2.34. The fourth-order valence-electron chi connectivity index (χ4n) is 0.761. The van der Waals surface area contributed by atoms with Gasteiger partial charge in [0.1, 0.15) is 11.6 Å². The summed E-state index contributed by atoms with van der Waals surface area (Å²) < 4.78 is 21.1. The molecule has 1 aromatic carbocycles. The third kappa shape index (κ3) is 3.75. The summed E-state index contributed by atoms with van der Waals surface area (Å²) in [5.41, 5.74) is 0. The normalized spacial score (nSPS) is 9.71. The minimum absolute atomic E-state index is 0.138. The summed E-state index contributed by atoms with van der Waals surface area (Å²) in [6, 6.07) is 4.76. The van der Waals surface area contributed by atoms with E-state index in [9.17, 15) is 4.39 Å². The highest BCUT2D eigenvalue weighted by atomic mass is 19.1. The number of hydrogen-bond donors (Lipinski definition) is 3. The van der Waals surface area contributed by atoms with Crippen LogP contribution >= 0.6 is 0 Å². The van der Waals surface area contributed by atoms with Gasteiger partial charge in [-0.15, -0.1) is 0 Å². The third-order valence-corrected chi connectivity index (χ3v) is 1.29. The lowest BCUT2D eigenvalue weighted by Gasteiger charge is -2.08. The van der Waals surface area contributed by atoms with Gasteiger partial charge < -0.3 is 24.3 Å². The van der Waals surface area contributed by atoms with Gasteiger partial charge in [0, 0.05) is 0 Å². The van der Waals surface area contributed by atoms with Crippen molar-refractivity contribution in [3.8, 4) is 5.75 Å². The number of benzene rings is 1. The van der Waals surface area contributed by atoms with E-state index in [0.717, 1.165) is 12.1 Å². The summed E-state index contributed by atoms with van der Waals surface area (Å²) in [5, 5.41) is 25.4. The molecule has 74 valence electrons. The molecule has 0 aliphatic rings. The van der Waals surface area contributed by atoms with Crippen LogP contribution in [0.4, 0.5) is 4.39 Å². The summed E-state index contributed by atoms with van der Waals surface area (Å²) in [7, 11) is -3.95. The first-order chi connectivity index (χ1) is 6.58. The Morgan fingerprint density at radius 3 is 2.14 bits per heavy atom.